The number of hydrogen-bond donors (Lipinski definition) is 2. The van der Waals surface area contributed by atoms with Gasteiger partial charge in [-0.1, -0.05) is 24.3 Å². The highest BCUT2D eigenvalue weighted by Gasteiger charge is 2.41. The predicted molar refractivity (Wildman–Crippen MR) is 66.8 cm³/mol. The molecule has 0 spiro atoms. The lowest BCUT2D eigenvalue weighted by atomic mass is 9.92. The maximum absolute atomic E-state index is 12.8. The van der Waals surface area contributed by atoms with Crippen LogP contribution in [0, 0.1) is 5.41 Å². The Morgan fingerprint density at radius 3 is 2.63 bits per heavy atom. The highest BCUT2D eigenvalue weighted by molar-refractivity contribution is 5.82. The number of aliphatic hydroxyl groups is 1. The Bertz CT molecular complexity index is 488. The van der Waals surface area contributed by atoms with E-state index in [1.54, 1.807) is 12.1 Å². The van der Waals surface area contributed by atoms with Gasteiger partial charge in [-0.2, -0.15) is 0 Å². The quantitative estimate of drug-likeness (QED) is 0.882. The summed E-state index contributed by atoms with van der Waals surface area (Å²) in [4.78, 5) is 11.9. The van der Waals surface area contributed by atoms with E-state index in [9.17, 15) is 18.7 Å². The molecule has 0 aliphatic heterocycles. The monoisotopic (exact) mass is 269 g/mol. The third-order valence-electron chi connectivity index (χ3n) is 3.64. The summed E-state index contributed by atoms with van der Waals surface area (Å²) in [6, 6.07) is 6.75. The van der Waals surface area contributed by atoms with Crippen molar-refractivity contribution < 1.29 is 18.7 Å². The van der Waals surface area contributed by atoms with Crippen LogP contribution >= 0.6 is 0 Å². The molecule has 104 valence electrons. The highest BCUT2D eigenvalue weighted by Crippen LogP contribution is 2.32. The Balaban J connectivity index is 2.09. The van der Waals surface area contributed by atoms with E-state index in [1.165, 1.54) is 13.8 Å². The van der Waals surface area contributed by atoms with E-state index in [2.05, 4.69) is 5.32 Å². The fourth-order valence-corrected chi connectivity index (χ4v) is 2.16. The highest BCUT2D eigenvalue weighted by atomic mass is 19.3. The molecule has 1 amide bonds. The minimum absolute atomic E-state index is 0.461. The number of alkyl halides is 2. The summed E-state index contributed by atoms with van der Waals surface area (Å²) in [5.74, 6) is -0.737. The van der Waals surface area contributed by atoms with E-state index in [-0.39, 0.29) is 0 Å². The lowest BCUT2D eigenvalue weighted by molar-refractivity contribution is -0.139. The molecule has 2 atom stereocenters. The van der Waals surface area contributed by atoms with E-state index in [0.29, 0.717) is 6.42 Å². The summed E-state index contributed by atoms with van der Waals surface area (Å²) in [5, 5.41) is 12.6. The normalized spacial score (nSPS) is 22.4. The van der Waals surface area contributed by atoms with Crippen molar-refractivity contribution in [1.82, 2.24) is 5.32 Å². The van der Waals surface area contributed by atoms with E-state index in [1.807, 2.05) is 12.1 Å². The number of amides is 1. The zero-order valence-corrected chi connectivity index (χ0v) is 10.9. The van der Waals surface area contributed by atoms with E-state index < -0.39 is 29.9 Å². The molecule has 1 aliphatic rings. The van der Waals surface area contributed by atoms with Crippen molar-refractivity contribution >= 4 is 5.91 Å². The molecule has 3 nitrogen and oxygen atoms in total. The first-order chi connectivity index (χ1) is 8.84. The second-order valence-corrected chi connectivity index (χ2v) is 5.45. The number of nitrogens with one attached hydrogen (secondary N) is 1. The van der Waals surface area contributed by atoms with Gasteiger partial charge in [0.25, 0.3) is 6.43 Å². The van der Waals surface area contributed by atoms with Crippen molar-refractivity contribution in [3.05, 3.63) is 35.4 Å². The van der Waals surface area contributed by atoms with Crippen LogP contribution in [-0.2, 0) is 11.2 Å². The number of rotatable bonds is 3. The van der Waals surface area contributed by atoms with Crippen LogP contribution in [0.2, 0.25) is 0 Å². The van der Waals surface area contributed by atoms with Crippen LogP contribution in [0.25, 0.3) is 0 Å². The number of aliphatic hydroxyl groups excluding tert-OH is 1. The van der Waals surface area contributed by atoms with Crippen LogP contribution in [-0.4, -0.2) is 23.5 Å². The summed E-state index contributed by atoms with van der Waals surface area (Å²) in [5.41, 5.74) is -0.0630. The number of fused-ring (bicyclic) bond motifs is 1. The van der Waals surface area contributed by atoms with Crippen LogP contribution < -0.4 is 5.32 Å². The lowest BCUT2D eigenvalue weighted by Crippen LogP contribution is -2.47. The van der Waals surface area contributed by atoms with Gasteiger partial charge in [-0.25, -0.2) is 8.78 Å². The second kappa shape index (κ2) is 4.89. The molecule has 0 aromatic heterocycles. The SMILES string of the molecule is CC(C)(C(=O)N[C@H]1Cc2ccccc2[C@H]1O)C(F)F. The molecular formula is C14H17F2NO2. The van der Waals surface area contributed by atoms with Crippen molar-refractivity contribution in [2.45, 2.75) is 38.8 Å². The van der Waals surface area contributed by atoms with Gasteiger partial charge in [0.2, 0.25) is 5.91 Å². The Morgan fingerprint density at radius 1 is 1.42 bits per heavy atom. The second-order valence-electron chi connectivity index (χ2n) is 5.45. The Kier molecular flexibility index (Phi) is 3.58. The van der Waals surface area contributed by atoms with Crippen LogP contribution in [0.3, 0.4) is 0 Å². The standard InChI is InChI=1S/C14H17F2NO2/c1-14(2,12(15)16)13(19)17-10-7-8-5-3-4-6-9(8)11(10)18/h3-6,10-12,18H,7H2,1-2H3,(H,17,19)/t10-,11+/m0/s1. The number of carbonyl (C=O) groups is 1. The first-order valence-electron chi connectivity index (χ1n) is 6.19. The lowest BCUT2D eigenvalue weighted by Gasteiger charge is -2.26. The van der Waals surface area contributed by atoms with Gasteiger partial charge in [0.05, 0.1) is 12.1 Å². The fourth-order valence-electron chi connectivity index (χ4n) is 2.16. The average Bonchev–Trinajstić information content (AvgIpc) is 2.67. The first kappa shape index (κ1) is 13.9. The summed E-state index contributed by atoms with van der Waals surface area (Å²) >= 11 is 0. The molecule has 0 unspecified atom stereocenters. The van der Waals surface area contributed by atoms with Crippen molar-refractivity contribution in [3.8, 4) is 0 Å². The van der Waals surface area contributed by atoms with Crippen molar-refractivity contribution in [1.29, 1.82) is 0 Å². The van der Waals surface area contributed by atoms with Gasteiger partial charge in [0.1, 0.15) is 5.41 Å². The topological polar surface area (TPSA) is 49.3 Å². The molecule has 1 aromatic carbocycles. The maximum Gasteiger partial charge on any atom is 0.252 e. The third-order valence-corrected chi connectivity index (χ3v) is 3.64. The molecular weight excluding hydrogens is 252 g/mol. The molecule has 0 heterocycles. The molecule has 0 saturated heterocycles. The molecule has 0 radical (unpaired) electrons. The minimum atomic E-state index is -2.74. The van der Waals surface area contributed by atoms with Gasteiger partial charge < -0.3 is 10.4 Å². The molecule has 19 heavy (non-hydrogen) atoms. The number of halogens is 2. The van der Waals surface area contributed by atoms with Crippen LogP contribution in [0.1, 0.15) is 31.1 Å². The van der Waals surface area contributed by atoms with Gasteiger partial charge in [-0.3, -0.25) is 4.79 Å². The van der Waals surface area contributed by atoms with E-state index >= 15 is 0 Å². The van der Waals surface area contributed by atoms with Gasteiger partial charge in [0.15, 0.2) is 0 Å². The number of hydrogen-bond acceptors (Lipinski definition) is 2. The summed E-state index contributed by atoms with van der Waals surface area (Å²) in [7, 11) is 0. The van der Waals surface area contributed by atoms with Crippen LogP contribution in [0.15, 0.2) is 24.3 Å². The molecule has 1 aromatic rings. The molecule has 0 fully saturated rings. The van der Waals surface area contributed by atoms with Gasteiger partial charge >= 0.3 is 0 Å². The summed E-state index contributed by atoms with van der Waals surface area (Å²) < 4.78 is 25.5. The number of carbonyl (C=O) groups excluding carboxylic acids is 1. The van der Waals surface area contributed by atoms with Crippen molar-refractivity contribution in [2.75, 3.05) is 0 Å². The average molecular weight is 269 g/mol. The van der Waals surface area contributed by atoms with Crippen molar-refractivity contribution in [2.24, 2.45) is 5.41 Å². The largest absolute Gasteiger partial charge is 0.386 e. The minimum Gasteiger partial charge on any atom is -0.386 e. The maximum atomic E-state index is 12.8. The smallest absolute Gasteiger partial charge is 0.252 e. The zero-order valence-electron chi connectivity index (χ0n) is 10.9. The molecule has 2 N–H and O–H groups in total. The Hall–Kier alpha value is -1.49. The predicted octanol–water partition coefficient (Wildman–Crippen LogP) is 2.05. The Labute approximate surface area is 110 Å². The molecule has 0 saturated carbocycles. The van der Waals surface area contributed by atoms with E-state index in [4.69, 9.17) is 0 Å². The van der Waals surface area contributed by atoms with Gasteiger partial charge in [-0.05, 0) is 31.4 Å². The molecule has 2 rings (SSSR count). The zero-order chi connectivity index (χ0) is 14.2. The third kappa shape index (κ3) is 2.47. The number of benzene rings is 1. The van der Waals surface area contributed by atoms with Gasteiger partial charge in [-0.15, -0.1) is 0 Å². The molecule has 1 aliphatic carbocycles. The van der Waals surface area contributed by atoms with Crippen LogP contribution in [0.5, 0.6) is 0 Å². The molecule has 0 bridgehead atoms. The Morgan fingerprint density at radius 2 is 2.05 bits per heavy atom. The fraction of sp³-hybridized carbons (Fsp3) is 0.500. The van der Waals surface area contributed by atoms with E-state index in [0.717, 1.165) is 11.1 Å². The molecule has 5 heteroatoms. The van der Waals surface area contributed by atoms with Gasteiger partial charge in [0, 0.05) is 0 Å². The summed E-state index contributed by atoms with van der Waals surface area (Å²) in [6.07, 6.45) is -3.12. The van der Waals surface area contributed by atoms with Crippen molar-refractivity contribution in [3.63, 3.8) is 0 Å². The van der Waals surface area contributed by atoms with Crippen LogP contribution in [0.4, 0.5) is 8.78 Å². The summed E-state index contributed by atoms with van der Waals surface area (Å²) in [6.45, 7) is 2.39. The first-order valence-corrected chi connectivity index (χ1v) is 6.19.